The largest absolute Gasteiger partial charge is 0.507 e. The molecular formula is C12H14O5. The van der Waals surface area contributed by atoms with Gasteiger partial charge in [0.05, 0.1) is 19.3 Å². The van der Waals surface area contributed by atoms with E-state index in [1.165, 1.54) is 25.3 Å². The second-order valence-corrected chi connectivity index (χ2v) is 3.29. The fraction of sp³-hybridized carbons (Fsp3) is 0.333. The number of phenols is 1. The van der Waals surface area contributed by atoms with Crippen LogP contribution in [0.4, 0.5) is 0 Å². The average molecular weight is 238 g/mol. The Kier molecular flexibility index (Phi) is 4.51. The highest BCUT2D eigenvalue weighted by Gasteiger charge is 2.16. The lowest BCUT2D eigenvalue weighted by Gasteiger charge is -2.05. The zero-order valence-electron chi connectivity index (χ0n) is 9.73. The number of rotatable bonds is 5. The van der Waals surface area contributed by atoms with Crippen molar-refractivity contribution in [2.24, 2.45) is 0 Å². The highest BCUT2D eigenvalue weighted by molar-refractivity contribution is 6.07. The molecule has 0 unspecified atom stereocenters. The highest BCUT2D eigenvalue weighted by atomic mass is 16.5. The van der Waals surface area contributed by atoms with Gasteiger partial charge in [0.1, 0.15) is 17.9 Å². The molecule has 0 saturated carbocycles. The van der Waals surface area contributed by atoms with Crippen LogP contribution in [0.15, 0.2) is 18.2 Å². The third-order valence-electron chi connectivity index (χ3n) is 2.12. The number of esters is 1. The molecule has 0 saturated heterocycles. The first-order valence-corrected chi connectivity index (χ1v) is 5.14. The molecule has 0 fully saturated rings. The maximum atomic E-state index is 11.6. The average Bonchev–Trinajstić information content (AvgIpc) is 2.28. The van der Waals surface area contributed by atoms with Crippen LogP contribution in [-0.4, -0.2) is 30.6 Å². The van der Waals surface area contributed by atoms with E-state index in [0.717, 1.165) is 0 Å². The summed E-state index contributed by atoms with van der Waals surface area (Å²) in [6, 6.07) is 4.27. The van der Waals surface area contributed by atoms with E-state index in [2.05, 4.69) is 4.74 Å². The van der Waals surface area contributed by atoms with E-state index in [-0.39, 0.29) is 24.3 Å². The zero-order chi connectivity index (χ0) is 12.8. The number of ketones is 1. The van der Waals surface area contributed by atoms with Crippen LogP contribution in [0.25, 0.3) is 0 Å². The normalized spacial score (nSPS) is 9.76. The van der Waals surface area contributed by atoms with Gasteiger partial charge in [-0.05, 0) is 19.1 Å². The van der Waals surface area contributed by atoms with Crippen LogP contribution < -0.4 is 4.74 Å². The standard InChI is InChI=1S/C12H14O5/c1-3-17-12(15)7-11(14)9-5-4-8(16-2)6-10(9)13/h4-6,13H,3,7H2,1-2H3. The SMILES string of the molecule is CCOC(=O)CC(=O)c1ccc(OC)cc1O. The molecule has 5 nitrogen and oxygen atoms in total. The van der Waals surface area contributed by atoms with Crippen molar-refractivity contribution in [2.75, 3.05) is 13.7 Å². The third-order valence-corrected chi connectivity index (χ3v) is 2.12. The van der Waals surface area contributed by atoms with E-state index in [9.17, 15) is 14.7 Å². The van der Waals surface area contributed by atoms with E-state index in [4.69, 9.17) is 4.74 Å². The molecule has 0 aliphatic rings. The number of hydrogen-bond donors (Lipinski definition) is 1. The van der Waals surface area contributed by atoms with Crippen LogP contribution in [-0.2, 0) is 9.53 Å². The smallest absolute Gasteiger partial charge is 0.313 e. The summed E-state index contributed by atoms with van der Waals surface area (Å²) in [5, 5.41) is 9.58. The van der Waals surface area contributed by atoms with Crippen molar-refractivity contribution in [3.63, 3.8) is 0 Å². The fourth-order valence-electron chi connectivity index (χ4n) is 1.31. The summed E-state index contributed by atoms with van der Waals surface area (Å²) in [6.07, 6.45) is -0.381. The van der Waals surface area contributed by atoms with Gasteiger partial charge in [-0.1, -0.05) is 0 Å². The molecule has 1 aromatic carbocycles. The van der Waals surface area contributed by atoms with E-state index < -0.39 is 11.8 Å². The molecule has 1 rings (SSSR count). The molecule has 17 heavy (non-hydrogen) atoms. The first-order valence-electron chi connectivity index (χ1n) is 5.14. The summed E-state index contributed by atoms with van der Waals surface area (Å²) in [7, 11) is 1.45. The van der Waals surface area contributed by atoms with Crippen molar-refractivity contribution >= 4 is 11.8 Å². The van der Waals surface area contributed by atoms with Crippen LogP contribution in [0.1, 0.15) is 23.7 Å². The first-order chi connectivity index (χ1) is 8.08. The molecule has 0 aromatic heterocycles. The van der Waals surface area contributed by atoms with Gasteiger partial charge >= 0.3 is 5.97 Å². The number of aromatic hydroxyl groups is 1. The molecule has 92 valence electrons. The minimum Gasteiger partial charge on any atom is -0.507 e. The molecule has 1 N–H and O–H groups in total. The van der Waals surface area contributed by atoms with Gasteiger partial charge < -0.3 is 14.6 Å². The van der Waals surface area contributed by atoms with Gasteiger partial charge in [-0.15, -0.1) is 0 Å². The van der Waals surface area contributed by atoms with E-state index >= 15 is 0 Å². The molecular weight excluding hydrogens is 224 g/mol. The van der Waals surface area contributed by atoms with Crippen molar-refractivity contribution in [3.05, 3.63) is 23.8 Å². The monoisotopic (exact) mass is 238 g/mol. The summed E-state index contributed by atoms with van der Waals surface area (Å²) >= 11 is 0. The van der Waals surface area contributed by atoms with Gasteiger partial charge in [0.15, 0.2) is 5.78 Å². The van der Waals surface area contributed by atoms with Crippen molar-refractivity contribution in [1.29, 1.82) is 0 Å². The lowest BCUT2D eigenvalue weighted by atomic mass is 10.1. The number of benzene rings is 1. The Hall–Kier alpha value is -2.04. The lowest BCUT2D eigenvalue weighted by Crippen LogP contribution is -2.11. The second kappa shape index (κ2) is 5.89. The van der Waals surface area contributed by atoms with Crippen LogP contribution >= 0.6 is 0 Å². The van der Waals surface area contributed by atoms with E-state index in [0.29, 0.717) is 5.75 Å². The van der Waals surface area contributed by atoms with Crippen molar-refractivity contribution in [3.8, 4) is 11.5 Å². The van der Waals surface area contributed by atoms with Crippen molar-refractivity contribution in [1.82, 2.24) is 0 Å². The predicted molar refractivity (Wildman–Crippen MR) is 60.2 cm³/mol. The molecule has 0 amide bonds. The third kappa shape index (κ3) is 3.48. The van der Waals surface area contributed by atoms with Crippen molar-refractivity contribution < 1.29 is 24.2 Å². The molecule has 0 bridgehead atoms. The number of ether oxygens (including phenoxy) is 2. The zero-order valence-corrected chi connectivity index (χ0v) is 9.73. The van der Waals surface area contributed by atoms with Crippen LogP contribution in [0, 0.1) is 0 Å². The number of phenolic OH excluding ortho intramolecular Hbond substituents is 1. The Labute approximate surface area is 99.0 Å². The van der Waals surface area contributed by atoms with E-state index in [1.807, 2.05) is 0 Å². The fourth-order valence-corrected chi connectivity index (χ4v) is 1.31. The molecule has 0 spiro atoms. The number of carbonyl (C=O) groups is 2. The molecule has 0 aliphatic carbocycles. The summed E-state index contributed by atoms with van der Waals surface area (Å²) < 4.78 is 9.54. The maximum Gasteiger partial charge on any atom is 0.313 e. The Morgan fingerprint density at radius 3 is 2.59 bits per heavy atom. The first kappa shape index (κ1) is 13.0. The minimum absolute atomic E-state index is 0.0823. The summed E-state index contributed by atoms with van der Waals surface area (Å²) in [5.41, 5.74) is 0.0823. The number of Topliss-reactive ketones (excluding diaryl/α,β-unsaturated/α-hetero) is 1. The molecule has 0 radical (unpaired) electrons. The van der Waals surface area contributed by atoms with Gasteiger partial charge in [0.2, 0.25) is 0 Å². The predicted octanol–water partition coefficient (Wildman–Crippen LogP) is 1.54. The van der Waals surface area contributed by atoms with Gasteiger partial charge in [0, 0.05) is 6.07 Å². The summed E-state index contributed by atoms with van der Waals surface area (Å²) in [4.78, 5) is 22.8. The van der Waals surface area contributed by atoms with Crippen molar-refractivity contribution in [2.45, 2.75) is 13.3 Å². The Morgan fingerprint density at radius 2 is 2.06 bits per heavy atom. The quantitative estimate of drug-likeness (QED) is 0.478. The second-order valence-electron chi connectivity index (χ2n) is 3.29. The molecule has 1 aromatic rings. The minimum atomic E-state index is -0.604. The Balaban J connectivity index is 2.79. The van der Waals surface area contributed by atoms with E-state index in [1.54, 1.807) is 6.92 Å². The topological polar surface area (TPSA) is 72.8 Å². The number of carbonyl (C=O) groups excluding carboxylic acids is 2. The van der Waals surface area contributed by atoms with Crippen LogP contribution in [0.3, 0.4) is 0 Å². The maximum absolute atomic E-state index is 11.6. The van der Waals surface area contributed by atoms with Crippen LogP contribution in [0.2, 0.25) is 0 Å². The number of hydrogen-bond acceptors (Lipinski definition) is 5. The van der Waals surface area contributed by atoms with Gasteiger partial charge in [-0.2, -0.15) is 0 Å². The van der Waals surface area contributed by atoms with Gasteiger partial charge in [0.25, 0.3) is 0 Å². The van der Waals surface area contributed by atoms with Gasteiger partial charge in [-0.25, -0.2) is 0 Å². The summed E-state index contributed by atoms with van der Waals surface area (Å²) in [6.45, 7) is 1.88. The Morgan fingerprint density at radius 1 is 1.35 bits per heavy atom. The van der Waals surface area contributed by atoms with Crippen LogP contribution in [0.5, 0.6) is 11.5 Å². The molecule has 0 aliphatic heterocycles. The number of methoxy groups -OCH3 is 1. The van der Waals surface area contributed by atoms with Gasteiger partial charge in [-0.3, -0.25) is 9.59 Å². The lowest BCUT2D eigenvalue weighted by molar-refractivity contribution is -0.141. The highest BCUT2D eigenvalue weighted by Crippen LogP contribution is 2.24. The molecule has 0 heterocycles. The summed E-state index contributed by atoms with van der Waals surface area (Å²) in [5.74, 6) is -0.856. The Bertz CT molecular complexity index is 425. The molecule has 0 atom stereocenters. The molecule has 5 heteroatoms.